The van der Waals surface area contributed by atoms with Crippen molar-refractivity contribution in [1.29, 1.82) is 0 Å². The van der Waals surface area contributed by atoms with E-state index < -0.39 is 12.0 Å². The predicted molar refractivity (Wildman–Crippen MR) is 89.5 cm³/mol. The predicted octanol–water partition coefficient (Wildman–Crippen LogP) is 3.00. The fraction of sp³-hybridized carbons (Fsp3) is 0.667. The summed E-state index contributed by atoms with van der Waals surface area (Å²) >= 11 is 12.1. The van der Waals surface area contributed by atoms with Crippen molar-refractivity contribution >= 4 is 23.2 Å². The molecule has 0 aromatic heterocycles. The molecule has 1 nitrogen and oxygen atoms in total. The normalized spacial score (nSPS) is 23.9. The average molecular weight is 399 g/mol. The van der Waals surface area contributed by atoms with Gasteiger partial charge < -0.3 is 17.5 Å². The van der Waals surface area contributed by atoms with Gasteiger partial charge in [0, 0.05) is 18.3 Å². The van der Waals surface area contributed by atoms with Crippen LogP contribution < -0.4 is 12.4 Å². The Kier molecular flexibility index (Phi) is 6.45. The van der Waals surface area contributed by atoms with Crippen molar-refractivity contribution in [1.82, 2.24) is 0 Å². The van der Waals surface area contributed by atoms with Crippen LogP contribution in [0.1, 0.15) is 56.9 Å². The van der Waals surface area contributed by atoms with Gasteiger partial charge in [-0.2, -0.15) is 0 Å². The summed E-state index contributed by atoms with van der Waals surface area (Å²) in [6, 6.07) is 5.56. The van der Waals surface area contributed by atoms with Crippen molar-refractivity contribution in [3.63, 3.8) is 0 Å². The monoisotopic (exact) mass is 397 g/mol. The summed E-state index contributed by atoms with van der Waals surface area (Å²) in [5.74, 6) is -2.33. The van der Waals surface area contributed by atoms with Crippen LogP contribution in [0.5, 0.6) is 0 Å². The highest BCUT2D eigenvalue weighted by molar-refractivity contribution is 6.42. The third kappa shape index (κ3) is 4.00. The summed E-state index contributed by atoms with van der Waals surface area (Å²) in [7, 11) is 0. The molecular formula is C18H22Cl3F2O-. The minimum atomic E-state index is -2.51. The zero-order valence-corrected chi connectivity index (χ0v) is 15.6. The van der Waals surface area contributed by atoms with E-state index in [0.29, 0.717) is 29.3 Å². The maximum Gasteiger partial charge on any atom is 0.248 e. The smallest absolute Gasteiger partial charge is 0.248 e. The number of rotatable bonds is 4. The van der Waals surface area contributed by atoms with Crippen LogP contribution in [0.4, 0.5) is 8.78 Å². The Balaban J connectivity index is 0.00000208. The molecule has 136 valence electrons. The van der Waals surface area contributed by atoms with Crippen molar-refractivity contribution < 1.29 is 26.3 Å². The average Bonchev–Trinajstić information content (AvgIpc) is 2.44. The SMILES string of the molecule is OC(CC1CCC(F)(F)CC1)C1(c2ccc(Cl)c(Cl)c2)CCC1.[Cl-]. The summed E-state index contributed by atoms with van der Waals surface area (Å²) < 4.78 is 26.6. The molecule has 6 heteroatoms. The number of alkyl halides is 2. The lowest BCUT2D eigenvalue weighted by atomic mass is 9.59. The molecule has 2 aliphatic rings. The molecule has 1 N–H and O–H groups in total. The van der Waals surface area contributed by atoms with Gasteiger partial charge in [0.2, 0.25) is 5.92 Å². The van der Waals surface area contributed by atoms with E-state index in [1.165, 1.54) is 0 Å². The molecule has 24 heavy (non-hydrogen) atoms. The third-order valence-electron chi connectivity index (χ3n) is 5.77. The number of hydrogen-bond acceptors (Lipinski definition) is 1. The van der Waals surface area contributed by atoms with Crippen LogP contribution in [-0.2, 0) is 5.41 Å². The number of aliphatic hydroxyl groups excluding tert-OH is 1. The zero-order chi connectivity index (χ0) is 16.7. The number of halogens is 5. The molecule has 0 spiro atoms. The minimum absolute atomic E-state index is 0. The van der Waals surface area contributed by atoms with E-state index in [1.807, 2.05) is 12.1 Å². The lowest BCUT2D eigenvalue weighted by Gasteiger charge is -2.47. The lowest BCUT2D eigenvalue weighted by molar-refractivity contribution is -0.0579. The molecule has 0 saturated heterocycles. The molecule has 3 rings (SSSR count). The van der Waals surface area contributed by atoms with Crippen LogP contribution in [0.2, 0.25) is 10.0 Å². The summed E-state index contributed by atoms with van der Waals surface area (Å²) in [4.78, 5) is 0. The van der Waals surface area contributed by atoms with Gasteiger partial charge >= 0.3 is 0 Å². The Hall–Kier alpha value is -0.0900. The first kappa shape index (κ1) is 20.2. The second-order valence-electron chi connectivity index (χ2n) is 7.19. The molecule has 1 atom stereocenters. The highest BCUT2D eigenvalue weighted by Gasteiger charge is 2.46. The Bertz CT molecular complexity index is 565. The van der Waals surface area contributed by atoms with Crippen LogP contribution in [0.3, 0.4) is 0 Å². The molecule has 0 radical (unpaired) electrons. The largest absolute Gasteiger partial charge is 1.00 e. The number of benzene rings is 1. The lowest BCUT2D eigenvalue weighted by Crippen LogP contribution is -3.00. The van der Waals surface area contributed by atoms with E-state index in [-0.39, 0.29) is 36.6 Å². The fourth-order valence-corrected chi connectivity index (χ4v) is 4.35. The van der Waals surface area contributed by atoms with Gasteiger partial charge in [0.1, 0.15) is 0 Å². The molecule has 0 aliphatic heterocycles. The van der Waals surface area contributed by atoms with Crippen molar-refractivity contribution in [2.24, 2.45) is 5.92 Å². The summed E-state index contributed by atoms with van der Waals surface area (Å²) in [5.41, 5.74) is 0.737. The molecule has 0 heterocycles. The Labute approximate surface area is 158 Å². The maximum absolute atomic E-state index is 13.3. The second kappa shape index (κ2) is 7.65. The zero-order valence-electron chi connectivity index (χ0n) is 13.4. The molecule has 2 saturated carbocycles. The Morgan fingerprint density at radius 3 is 2.21 bits per heavy atom. The first-order chi connectivity index (χ1) is 10.8. The standard InChI is InChI=1S/C18H22Cl2F2O.ClH/c19-14-3-2-13(11-15(14)20)17(6-1-7-17)16(23)10-12-4-8-18(21,22)9-5-12;/h2-3,11-12,16,23H,1,4-10H2;1H/p-1. The van der Waals surface area contributed by atoms with Crippen molar-refractivity contribution in [2.75, 3.05) is 0 Å². The van der Waals surface area contributed by atoms with E-state index in [1.54, 1.807) is 6.07 Å². The quantitative estimate of drug-likeness (QED) is 0.827. The van der Waals surface area contributed by atoms with Gasteiger partial charge in [-0.05, 0) is 55.7 Å². The van der Waals surface area contributed by atoms with Crippen molar-refractivity contribution in [3.05, 3.63) is 33.8 Å². The highest BCUT2D eigenvalue weighted by atomic mass is 35.5. The van der Waals surface area contributed by atoms with Gasteiger partial charge in [0.05, 0.1) is 16.1 Å². The molecule has 2 aliphatic carbocycles. The minimum Gasteiger partial charge on any atom is -1.00 e. The number of aliphatic hydroxyl groups is 1. The van der Waals surface area contributed by atoms with Crippen LogP contribution in [0.25, 0.3) is 0 Å². The van der Waals surface area contributed by atoms with Gasteiger partial charge in [-0.3, -0.25) is 0 Å². The van der Waals surface area contributed by atoms with E-state index in [9.17, 15) is 13.9 Å². The van der Waals surface area contributed by atoms with E-state index in [2.05, 4.69) is 0 Å². The summed E-state index contributed by atoms with van der Waals surface area (Å²) in [6.45, 7) is 0. The highest BCUT2D eigenvalue weighted by Crippen LogP contribution is 2.50. The molecule has 2 fully saturated rings. The Morgan fingerprint density at radius 1 is 1.08 bits per heavy atom. The van der Waals surface area contributed by atoms with Gasteiger partial charge in [0.25, 0.3) is 0 Å². The summed E-state index contributed by atoms with van der Waals surface area (Å²) in [6.07, 6.45) is 3.88. The van der Waals surface area contributed by atoms with Gasteiger partial charge in [-0.25, -0.2) is 8.78 Å². The van der Waals surface area contributed by atoms with Crippen molar-refractivity contribution in [2.45, 2.75) is 68.8 Å². The van der Waals surface area contributed by atoms with Crippen LogP contribution in [-0.4, -0.2) is 17.1 Å². The topological polar surface area (TPSA) is 20.2 Å². The summed E-state index contributed by atoms with van der Waals surface area (Å²) in [5, 5.41) is 11.9. The van der Waals surface area contributed by atoms with Crippen LogP contribution in [0.15, 0.2) is 18.2 Å². The van der Waals surface area contributed by atoms with Gasteiger partial charge in [-0.1, -0.05) is 35.7 Å². The first-order valence-electron chi connectivity index (χ1n) is 8.34. The fourth-order valence-electron chi connectivity index (χ4n) is 4.05. The van der Waals surface area contributed by atoms with Crippen molar-refractivity contribution in [3.8, 4) is 0 Å². The Morgan fingerprint density at radius 2 is 1.71 bits per heavy atom. The second-order valence-corrected chi connectivity index (χ2v) is 8.00. The van der Waals surface area contributed by atoms with Gasteiger partial charge in [-0.15, -0.1) is 0 Å². The first-order valence-corrected chi connectivity index (χ1v) is 9.09. The number of hydrogen-bond donors (Lipinski definition) is 1. The van der Waals surface area contributed by atoms with Crippen LogP contribution in [0, 0.1) is 5.92 Å². The molecule has 1 aromatic rings. The molecule has 0 amide bonds. The molecular weight excluding hydrogens is 377 g/mol. The van der Waals surface area contributed by atoms with Gasteiger partial charge in [0.15, 0.2) is 0 Å². The molecule has 1 aromatic carbocycles. The molecule has 1 unspecified atom stereocenters. The van der Waals surface area contributed by atoms with E-state index in [0.717, 1.165) is 24.8 Å². The maximum atomic E-state index is 13.3. The molecule has 0 bridgehead atoms. The third-order valence-corrected chi connectivity index (χ3v) is 6.51. The van der Waals surface area contributed by atoms with Crippen LogP contribution >= 0.6 is 23.2 Å². The van der Waals surface area contributed by atoms with E-state index in [4.69, 9.17) is 23.2 Å². The van der Waals surface area contributed by atoms with E-state index >= 15 is 0 Å².